The average Bonchev–Trinajstić information content (AvgIpc) is 3.37. The first-order chi connectivity index (χ1) is 17.0. The molecule has 3 rings (SSSR count). The molecule has 11 heteroatoms. The van der Waals surface area contributed by atoms with Crippen LogP contribution in [0.5, 0.6) is 28.7 Å². The number of nitriles is 1. The monoisotopic (exact) mass is 481 g/mol. The zero-order chi connectivity index (χ0) is 25.2. The fraction of sp³-hybridized carbons (Fsp3) is 0.250. The van der Waals surface area contributed by atoms with E-state index in [2.05, 4.69) is 10.2 Å². The standard InChI is InChI=1S/C24H23N3O8/c1-29-18-11-15(5-7-17(18)33-10-9-25)6-8-22(28)34-14-21-26-27-24(35-21)16-12-19(30-2)23(32-4)20(13-16)31-3/h5-8,11-13H,10,14H2,1-4H3/b8-6+. The van der Waals surface area contributed by atoms with Gasteiger partial charge in [0.15, 0.2) is 36.2 Å². The molecule has 0 bridgehead atoms. The summed E-state index contributed by atoms with van der Waals surface area (Å²) in [4.78, 5) is 12.1. The van der Waals surface area contributed by atoms with Gasteiger partial charge >= 0.3 is 5.97 Å². The largest absolute Gasteiger partial charge is 0.493 e. The van der Waals surface area contributed by atoms with Gasteiger partial charge in [-0.15, -0.1) is 10.2 Å². The SMILES string of the molecule is COc1cc(/C=C/C(=O)OCc2nnc(-c3cc(OC)c(OC)c(OC)c3)o2)ccc1OCC#N. The summed E-state index contributed by atoms with van der Waals surface area (Å²) >= 11 is 0. The van der Waals surface area contributed by atoms with E-state index < -0.39 is 5.97 Å². The fourth-order valence-electron chi connectivity index (χ4n) is 3.00. The average molecular weight is 481 g/mol. The Labute approximate surface area is 201 Å². The summed E-state index contributed by atoms with van der Waals surface area (Å²) in [5.41, 5.74) is 1.21. The van der Waals surface area contributed by atoms with E-state index in [-0.39, 0.29) is 25.0 Å². The van der Waals surface area contributed by atoms with E-state index in [9.17, 15) is 4.79 Å². The van der Waals surface area contributed by atoms with Gasteiger partial charge in [-0.3, -0.25) is 0 Å². The number of ether oxygens (including phenoxy) is 6. The lowest BCUT2D eigenvalue weighted by Gasteiger charge is -2.12. The molecule has 3 aromatic rings. The molecule has 0 aliphatic rings. The summed E-state index contributed by atoms with van der Waals surface area (Å²) in [7, 11) is 5.98. The Balaban J connectivity index is 1.64. The summed E-state index contributed by atoms with van der Waals surface area (Å²) in [6.45, 7) is -0.320. The second-order valence-electron chi connectivity index (χ2n) is 6.71. The van der Waals surface area contributed by atoms with Crippen LogP contribution in [0, 0.1) is 11.3 Å². The van der Waals surface area contributed by atoms with E-state index in [1.807, 2.05) is 6.07 Å². The molecular formula is C24H23N3O8. The second-order valence-corrected chi connectivity index (χ2v) is 6.71. The van der Waals surface area contributed by atoms with Crippen molar-refractivity contribution in [2.75, 3.05) is 35.0 Å². The highest BCUT2D eigenvalue weighted by Gasteiger charge is 2.18. The third-order valence-corrected chi connectivity index (χ3v) is 4.61. The Hall–Kier alpha value is -4.72. The summed E-state index contributed by atoms with van der Waals surface area (Å²) in [5.74, 6) is 1.84. The predicted molar refractivity (Wildman–Crippen MR) is 122 cm³/mol. The molecule has 0 unspecified atom stereocenters. The fourth-order valence-corrected chi connectivity index (χ4v) is 3.00. The smallest absolute Gasteiger partial charge is 0.331 e. The Morgan fingerprint density at radius 3 is 2.31 bits per heavy atom. The third kappa shape index (κ3) is 6.20. The zero-order valence-corrected chi connectivity index (χ0v) is 19.6. The number of hydrogen-bond donors (Lipinski definition) is 0. The lowest BCUT2D eigenvalue weighted by atomic mass is 10.2. The number of hydrogen-bond acceptors (Lipinski definition) is 11. The van der Waals surface area contributed by atoms with Crippen LogP contribution in [0.4, 0.5) is 0 Å². The molecule has 0 amide bonds. The van der Waals surface area contributed by atoms with Crippen LogP contribution in [0.15, 0.2) is 40.8 Å². The highest BCUT2D eigenvalue weighted by atomic mass is 16.5. The summed E-state index contributed by atoms with van der Waals surface area (Å²) in [6.07, 6.45) is 2.80. The van der Waals surface area contributed by atoms with Gasteiger partial charge in [0, 0.05) is 11.6 Å². The van der Waals surface area contributed by atoms with Gasteiger partial charge in [-0.1, -0.05) is 6.07 Å². The highest BCUT2D eigenvalue weighted by Crippen LogP contribution is 2.40. The van der Waals surface area contributed by atoms with Gasteiger partial charge in [0.1, 0.15) is 6.07 Å². The van der Waals surface area contributed by atoms with Crippen LogP contribution in [-0.2, 0) is 16.1 Å². The first-order valence-corrected chi connectivity index (χ1v) is 10.2. The minimum atomic E-state index is -0.610. The molecule has 182 valence electrons. The quantitative estimate of drug-likeness (QED) is 0.294. The van der Waals surface area contributed by atoms with Crippen LogP contribution in [0.25, 0.3) is 17.5 Å². The van der Waals surface area contributed by atoms with Crippen molar-refractivity contribution in [2.45, 2.75) is 6.61 Å². The summed E-state index contributed by atoms with van der Waals surface area (Å²) in [6, 6.07) is 10.2. The molecule has 0 spiro atoms. The maximum Gasteiger partial charge on any atom is 0.331 e. The third-order valence-electron chi connectivity index (χ3n) is 4.61. The van der Waals surface area contributed by atoms with Crippen LogP contribution in [0.1, 0.15) is 11.5 Å². The number of carbonyl (C=O) groups is 1. The number of rotatable bonds is 11. The first kappa shape index (κ1) is 24.9. The number of carbonyl (C=O) groups excluding carboxylic acids is 1. The molecule has 0 N–H and O–H groups in total. The Morgan fingerprint density at radius 2 is 1.69 bits per heavy atom. The van der Waals surface area contributed by atoms with Crippen molar-refractivity contribution in [3.63, 3.8) is 0 Å². The van der Waals surface area contributed by atoms with E-state index >= 15 is 0 Å². The van der Waals surface area contributed by atoms with Gasteiger partial charge in [0.25, 0.3) is 5.89 Å². The van der Waals surface area contributed by atoms with Crippen molar-refractivity contribution in [3.8, 4) is 46.3 Å². The van der Waals surface area contributed by atoms with Crippen molar-refractivity contribution >= 4 is 12.0 Å². The van der Waals surface area contributed by atoms with Gasteiger partial charge in [-0.05, 0) is 35.9 Å². The van der Waals surface area contributed by atoms with Gasteiger partial charge in [-0.2, -0.15) is 5.26 Å². The van der Waals surface area contributed by atoms with Gasteiger partial charge < -0.3 is 32.8 Å². The van der Waals surface area contributed by atoms with E-state index in [4.69, 9.17) is 38.1 Å². The first-order valence-electron chi connectivity index (χ1n) is 10.2. The maximum absolute atomic E-state index is 12.1. The molecule has 0 radical (unpaired) electrons. The second kappa shape index (κ2) is 11.9. The predicted octanol–water partition coefficient (Wildman–Crippen LogP) is 3.43. The normalized spacial score (nSPS) is 10.5. The Kier molecular flexibility index (Phi) is 8.50. The number of nitrogens with zero attached hydrogens (tertiary/aromatic N) is 3. The maximum atomic E-state index is 12.1. The lowest BCUT2D eigenvalue weighted by molar-refractivity contribution is -0.139. The molecule has 0 fully saturated rings. The van der Waals surface area contributed by atoms with E-state index in [1.165, 1.54) is 34.5 Å². The number of methoxy groups -OCH3 is 4. The topological polar surface area (TPSA) is 135 Å². The van der Waals surface area contributed by atoms with Crippen molar-refractivity contribution in [1.29, 1.82) is 5.26 Å². The van der Waals surface area contributed by atoms with Crippen molar-refractivity contribution < 1.29 is 37.6 Å². The molecule has 1 aromatic heterocycles. The Bertz CT molecular complexity index is 1220. The molecule has 0 aliphatic heterocycles. The molecule has 1 heterocycles. The van der Waals surface area contributed by atoms with Crippen LogP contribution in [-0.4, -0.2) is 51.2 Å². The number of esters is 1. The number of aromatic nitrogens is 2. The van der Waals surface area contributed by atoms with Crippen LogP contribution in [0.2, 0.25) is 0 Å². The van der Waals surface area contributed by atoms with E-state index in [1.54, 1.807) is 36.4 Å². The van der Waals surface area contributed by atoms with Crippen LogP contribution in [0.3, 0.4) is 0 Å². The molecule has 0 atom stereocenters. The zero-order valence-electron chi connectivity index (χ0n) is 19.6. The molecule has 0 saturated heterocycles. The van der Waals surface area contributed by atoms with Gasteiger partial charge in [0.05, 0.1) is 28.4 Å². The van der Waals surface area contributed by atoms with Gasteiger partial charge in [-0.25, -0.2) is 4.79 Å². The van der Waals surface area contributed by atoms with Crippen molar-refractivity contribution in [2.24, 2.45) is 0 Å². The number of benzene rings is 2. The minimum absolute atomic E-state index is 0.102. The van der Waals surface area contributed by atoms with E-state index in [0.29, 0.717) is 39.9 Å². The molecule has 0 aliphatic carbocycles. The molecule has 11 nitrogen and oxygen atoms in total. The lowest BCUT2D eigenvalue weighted by Crippen LogP contribution is -2.01. The minimum Gasteiger partial charge on any atom is -0.493 e. The highest BCUT2D eigenvalue weighted by molar-refractivity contribution is 5.87. The molecule has 2 aromatic carbocycles. The molecule has 35 heavy (non-hydrogen) atoms. The van der Waals surface area contributed by atoms with Crippen molar-refractivity contribution in [3.05, 3.63) is 47.9 Å². The van der Waals surface area contributed by atoms with Crippen LogP contribution >= 0.6 is 0 Å². The van der Waals surface area contributed by atoms with Gasteiger partial charge in [0.2, 0.25) is 11.6 Å². The summed E-state index contributed by atoms with van der Waals surface area (Å²) in [5, 5.41) is 16.5. The van der Waals surface area contributed by atoms with Crippen LogP contribution < -0.4 is 23.7 Å². The summed E-state index contributed by atoms with van der Waals surface area (Å²) < 4.78 is 37.3. The van der Waals surface area contributed by atoms with Crippen molar-refractivity contribution in [1.82, 2.24) is 10.2 Å². The molecular weight excluding hydrogens is 458 g/mol. The van der Waals surface area contributed by atoms with E-state index in [0.717, 1.165) is 0 Å². The Morgan fingerprint density at radius 1 is 0.971 bits per heavy atom. The molecule has 0 saturated carbocycles.